The lowest BCUT2D eigenvalue weighted by atomic mass is 10.1. The Bertz CT molecular complexity index is 490. The topological polar surface area (TPSA) is 55.1 Å². The summed E-state index contributed by atoms with van der Waals surface area (Å²) < 4.78 is 1.08. The first-order valence-electron chi connectivity index (χ1n) is 4.21. The van der Waals surface area contributed by atoms with Gasteiger partial charge in [-0.05, 0) is 18.2 Å². The van der Waals surface area contributed by atoms with E-state index in [0.717, 1.165) is 10.1 Å². The van der Waals surface area contributed by atoms with E-state index in [1.807, 2.05) is 23.6 Å². The van der Waals surface area contributed by atoms with Crippen molar-refractivity contribution in [3.63, 3.8) is 0 Å². The molecule has 0 atom stereocenters. The number of carbonyl (C=O) groups is 1. The Balaban J connectivity index is 2.67. The molecule has 2 rings (SSSR count). The van der Waals surface area contributed by atoms with Crippen molar-refractivity contribution >= 4 is 33.0 Å². The summed E-state index contributed by atoms with van der Waals surface area (Å²) in [6.45, 7) is 0. The minimum atomic E-state index is -0.0677. The summed E-state index contributed by atoms with van der Waals surface area (Å²) in [6, 6.07) is 5.60. The molecule has 0 aliphatic carbocycles. The van der Waals surface area contributed by atoms with Gasteiger partial charge in [0.05, 0.1) is 5.56 Å². The molecule has 0 spiro atoms. The number of nitrogens with one attached hydrogen (secondary N) is 1. The van der Waals surface area contributed by atoms with E-state index in [9.17, 15) is 4.79 Å². The van der Waals surface area contributed by atoms with Crippen LogP contribution in [0.4, 0.5) is 5.69 Å². The van der Waals surface area contributed by atoms with Crippen LogP contribution in [0.1, 0.15) is 10.4 Å². The van der Waals surface area contributed by atoms with Gasteiger partial charge in [0.25, 0.3) is 5.91 Å². The predicted molar refractivity (Wildman–Crippen MR) is 59.6 cm³/mol. The maximum absolute atomic E-state index is 11.5. The number of hydrogen-bond acceptors (Lipinski definition) is 3. The number of hydrogen-bond donors (Lipinski definition) is 2. The van der Waals surface area contributed by atoms with Crippen molar-refractivity contribution in [1.29, 1.82) is 0 Å². The Hall–Kier alpha value is -1.55. The fourth-order valence-corrected chi connectivity index (χ4v) is 2.28. The normalized spacial score (nSPS) is 10.4. The molecule has 1 heterocycles. The third-order valence-corrected chi connectivity index (χ3v) is 3.03. The van der Waals surface area contributed by atoms with E-state index in [-0.39, 0.29) is 5.91 Å². The minimum absolute atomic E-state index is 0.0677. The number of fused-ring (bicyclic) bond motifs is 1. The number of nitrogen functional groups attached to an aromatic ring is 1. The Labute approximate surface area is 85.5 Å². The van der Waals surface area contributed by atoms with Gasteiger partial charge in [-0.3, -0.25) is 4.79 Å². The second-order valence-corrected chi connectivity index (χ2v) is 3.90. The average molecular weight is 206 g/mol. The average Bonchev–Trinajstić information content (AvgIpc) is 2.59. The van der Waals surface area contributed by atoms with Gasteiger partial charge in [-0.25, -0.2) is 0 Å². The number of rotatable bonds is 1. The number of anilines is 1. The molecule has 1 aromatic heterocycles. The van der Waals surface area contributed by atoms with Gasteiger partial charge in [-0.15, -0.1) is 11.3 Å². The number of thiophene rings is 1. The third kappa shape index (κ3) is 1.33. The van der Waals surface area contributed by atoms with Crippen LogP contribution in [-0.4, -0.2) is 13.0 Å². The Morgan fingerprint density at radius 3 is 3.00 bits per heavy atom. The Kier molecular flexibility index (Phi) is 2.13. The molecule has 1 aromatic carbocycles. The first kappa shape index (κ1) is 9.02. The molecule has 0 saturated heterocycles. The van der Waals surface area contributed by atoms with Crippen molar-refractivity contribution in [3.8, 4) is 0 Å². The van der Waals surface area contributed by atoms with E-state index < -0.39 is 0 Å². The van der Waals surface area contributed by atoms with E-state index in [4.69, 9.17) is 5.73 Å². The predicted octanol–water partition coefficient (Wildman–Crippen LogP) is 1.84. The lowest BCUT2D eigenvalue weighted by molar-refractivity contribution is 0.0965. The van der Waals surface area contributed by atoms with Crippen molar-refractivity contribution in [1.82, 2.24) is 5.32 Å². The molecular weight excluding hydrogens is 196 g/mol. The molecule has 2 aromatic rings. The fourth-order valence-electron chi connectivity index (χ4n) is 1.36. The van der Waals surface area contributed by atoms with Crippen LogP contribution in [0.25, 0.3) is 10.1 Å². The summed E-state index contributed by atoms with van der Waals surface area (Å²) in [5, 5.41) is 5.38. The van der Waals surface area contributed by atoms with E-state index in [2.05, 4.69) is 5.32 Å². The van der Waals surface area contributed by atoms with Gasteiger partial charge >= 0.3 is 0 Å². The lowest BCUT2D eigenvalue weighted by Gasteiger charge is -1.98. The van der Waals surface area contributed by atoms with Gasteiger partial charge < -0.3 is 11.1 Å². The van der Waals surface area contributed by atoms with Crippen molar-refractivity contribution in [2.45, 2.75) is 0 Å². The van der Waals surface area contributed by atoms with Gasteiger partial charge in [0, 0.05) is 28.2 Å². The molecule has 3 nitrogen and oxygen atoms in total. The van der Waals surface area contributed by atoms with Crippen LogP contribution in [0.5, 0.6) is 0 Å². The number of amides is 1. The molecule has 0 aliphatic heterocycles. The summed E-state index contributed by atoms with van der Waals surface area (Å²) in [7, 11) is 1.62. The highest BCUT2D eigenvalue weighted by Gasteiger charge is 2.10. The third-order valence-electron chi connectivity index (χ3n) is 2.07. The molecule has 0 bridgehead atoms. The smallest absolute Gasteiger partial charge is 0.252 e. The van der Waals surface area contributed by atoms with Crippen LogP contribution in [0, 0.1) is 0 Å². The molecule has 14 heavy (non-hydrogen) atoms. The summed E-state index contributed by atoms with van der Waals surface area (Å²) >= 11 is 1.55. The first-order valence-corrected chi connectivity index (χ1v) is 5.09. The quantitative estimate of drug-likeness (QED) is 0.699. The first-order chi connectivity index (χ1) is 6.72. The zero-order chi connectivity index (χ0) is 10.1. The molecule has 0 aliphatic rings. The summed E-state index contributed by atoms with van der Waals surface area (Å²) in [4.78, 5) is 11.5. The van der Waals surface area contributed by atoms with Crippen molar-refractivity contribution in [2.24, 2.45) is 0 Å². The maximum Gasteiger partial charge on any atom is 0.252 e. The number of carbonyl (C=O) groups excluding carboxylic acids is 1. The van der Waals surface area contributed by atoms with Gasteiger partial charge in [0.15, 0.2) is 0 Å². The highest BCUT2D eigenvalue weighted by Crippen LogP contribution is 2.27. The zero-order valence-corrected chi connectivity index (χ0v) is 8.52. The Morgan fingerprint density at radius 1 is 1.50 bits per heavy atom. The van der Waals surface area contributed by atoms with Crippen LogP contribution in [0.3, 0.4) is 0 Å². The van der Waals surface area contributed by atoms with Crippen LogP contribution in [0.15, 0.2) is 23.6 Å². The van der Waals surface area contributed by atoms with Crippen LogP contribution < -0.4 is 11.1 Å². The lowest BCUT2D eigenvalue weighted by Crippen LogP contribution is -2.17. The van der Waals surface area contributed by atoms with E-state index in [1.54, 1.807) is 18.4 Å². The highest BCUT2D eigenvalue weighted by molar-refractivity contribution is 7.17. The van der Waals surface area contributed by atoms with Crippen LogP contribution in [-0.2, 0) is 0 Å². The molecule has 0 radical (unpaired) electrons. The van der Waals surface area contributed by atoms with E-state index in [0.29, 0.717) is 11.3 Å². The maximum atomic E-state index is 11.5. The zero-order valence-electron chi connectivity index (χ0n) is 7.70. The summed E-state index contributed by atoms with van der Waals surface area (Å²) in [5.41, 5.74) is 7.04. The SMILES string of the molecule is CNC(=O)c1csc2ccc(N)cc12. The van der Waals surface area contributed by atoms with Crippen LogP contribution in [0.2, 0.25) is 0 Å². The minimum Gasteiger partial charge on any atom is -0.399 e. The van der Waals surface area contributed by atoms with Gasteiger partial charge in [-0.1, -0.05) is 0 Å². The summed E-state index contributed by atoms with van der Waals surface area (Å²) in [6.07, 6.45) is 0. The second kappa shape index (κ2) is 3.31. The largest absolute Gasteiger partial charge is 0.399 e. The van der Waals surface area contributed by atoms with E-state index >= 15 is 0 Å². The molecular formula is C10H10N2OS. The molecule has 0 fully saturated rings. The second-order valence-electron chi connectivity index (χ2n) is 2.98. The molecule has 3 N–H and O–H groups in total. The Morgan fingerprint density at radius 2 is 2.29 bits per heavy atom. The van der Waals surface area contributed by atoms with Crippen molar-refractivity contribution in [3.05, 3.63) is 29.1 Å². The number of nitrogens with two attached hydrogens (primary N) is 1. The summed E-state index contributed by atoms with van der Waals surface area (Å²) in [5.74, 6) is -0.0677. The molecule has 0 saturated carbocycles. The van der Waals surface area contributed by atoms with Gasteiger partial charge in [0.1, 0.15) is 0 Å². The van der Waals surface area contributed by atoms with Gasteiger partial charge in [-0.2, -0.15) is 0 Å². The van der Waals surface area contributed by atoms with Gasteiger partial charge in [0.2, 0.25) is 0 Å². The van der Waals surface area contributed by atoms with E-state index in [1.165, 1.54) is 0 Å². The molecule has 0 unspecified atom stereocenters. The molecule has 1 amide bonds. The highest BCUT2D eigenvalue weighted by atomic mass is 32.1. The van der Waals surface area contributed by atoms with Crippen molar-refractivity contribution < 1.29 is 4.79 Å². The standard InChI is InChI=1S/C10H10N2OS/c1-12-10(13)8-5-14-9-3-2-6(11)4-7(8)9/h2-5H,11H2,1H3,(H,12,13). The molecule has 72 valence electrons. The fraction of sp³-hybridized carbons (Fsp3) is 0.100. The number of benzene rings is 1. The monoisotopic (exact) mass is 206 g/mol. The molecule has 4 heteroatoms. The van der Waals surface area contributed by atoms with Crippen molar-refractivity contribution in [2.75, 3.05) is 12.8 Å². The van der Waals surface area contributed by atoms with Crippen LogP contribution >= 0.6 is 11.3 Å².